The van der Waals surface area contributed by atoms with Crippen LogP contribution in [0.25, 0.3) is 11.1 Å². The molecular weight excluding hydrogens is 392 g/mol. The van der Waals surface area contributed by atoms with Crippen molar-refractivity contribution in [3.63, 3.8) is 0 Å². The molecule has 2 atom stereocenters. The van der Waals surface area contributed by atoms with E-state index in [1.165, 1.54) is 36.9 Å². The summed E-state index contributed by atoms with van der Waals surface area (Å²) in [7, 11) is -3.60. The van der Waals surface area contributed by atoms with Gasteiger partial charge in [-0.3, -0.25) is 4.90 Å². The van der Waals surface area contributed by atoms with Crippen LogP contribution in [0, 0.1) is 0 Å². The maximum absolute atomic E-state index is 13.0. The van der Waals surface area contributed by atoms with Crippen molar-refractivity contribution in [2.24, 2.45) is 0 Å². The Balaban J connectivity index is 1.63. The van der Waals surface area contributed by atoms with Gasteiger partial charge in [0.1, 0.15) is 0 Å². The molecule has 0 radical (unpaired) electrons. The first-order valence-electron chi connectivity index (χ1n) is 11.1. The van der Waals surface area contributed by atoms with E-state index in [2.05, 4.69) is 34.7 Å². The quantitative estimate of drug-likeness (QED) is 0.766. The fraction of sp³-hybridized carbons (Fsp3) is 0.520. The van der Waals surface area contributed by atoms with Crippen LogP contribution < -0.4 is 4.72 Å². The second-order valence-electron chi connectivity index (χ2n) is 9.96. The van der Waals surface area contributed by atoms with Gasteiger partial charge in [-0.1, -0.05) is 36.4 Å². The van der Waals surface area contributed by atoms with Crippen LogP contribution in [0.15, 0.2) is 47.4 Å². The van der Waals surface area contributed by atoms with Gasteiger partial charge in [0.05, 0.1) is 4.90 Å². The van der Waals surface area contributed by atoms with Gasteiger partial charge in [0.25, 0.3) is 0 Å². The van der Waals surface area contributed by atoms with Gasteiger partial charge in [-0.25, -0.2) is 13.1 Å². The van der Waals surface area contributed by atoms with Gasteiger partial charge >= 0.3 is 0 Å². The van der Waals surface area contributed by atoms with E-state index in [0.29, 0.717) is 17.0 Å². The molecule has 0 amide bonds. The van der Waals surface area contributed by atoms with Crippen LogP contribution in [0.2, 0.25) is 0 Å². The molecule has 1 fully saturated rings. The van der Waals surface area contributed by atoms with Crippen LogP contribution in [0.5, 0.6) is 0 Å². The van der Waals surface area contributed by atoms with Gasteiger partial charge in [-0.15, -0.1) is 0 Å². The molecular formula is C25H34N2O2S. The van der Waals surface area contributed by atoms with E-state index in [-0.39, 0.29) is 0 Å². The molecule has 5 heteroatoms. The fourth-order valence-electron chi connectivity index (χ4n) is 5.08. The zero-order valence-corrected chi connectivity index (χ0v) is 19.4. The van der Waals surface area contributed by atoms with E-state index in [1.54, 1.807) is 12.1 Å². The molecule has 0 bridgehead atoms. The summed E-state index contributed by atoms with van der Waals surface area (Å²) in [4.78, 5) is 3.04. The van der Waals surface area contributed by atoms with Gasteiger partial charge < -0.3 is 0 Å². The summed E-state index contributed by atoms with van der Waals surface area (Å²) in [5, 5.41) is 0. The highest BCUT2D eigenvalue weighted by Gasteiger charge is 2.31. The summed E-state index contributed by atoms with van der Waals surface area (Å²) in [6, 6.07) is 15.2. The molecule has 2 unspecified atom stereocenters. The molecule has 1 aliphatic carbocycles. The number of benzene rings is 2. The van der Waals surface area contributed by atoms with E-state index < -0.39 is 15.6 Å². The molecule has 1 N–H and O–H groups in total. The molecule has 30 heavy (non-hydrogen) atoms. The average Bonchev–Trinajstić information content (AvgIpc) is 3.11. The second kappa shape index (κ2) is 8.10. The largest absolute Gasteiger partial charge is 0.297 e. The maximum Gasteiger partial charge on any atom is 0.241 e. The van der Waals surface area contributed by atoms with E-state index in [1.807, 2.05) is 32.9 Å². The zero-order valence-electron chi connectivity index (χ0n) is 18.6. The van der Waals surface area contributed by atoms with Crippen molar-refractivity contribution < 1.29 is 8.42 Å². The molecule has 0 saturated carbocycles. The Morgan fingerprint density at radius 3 is 2.50 bits per heavy atom. The van der Waals surface area contributed by atoms with Gasteiger partial charge in [-0.2, -0.15) is 0 Å². The molecule has 1 saturated heterocycles. The molecule has 4 nitrogen and oxygen atoms in total. The number of nitrogens with one attached hydrogen (secondary N) is 1. The lowest BCUT2D eigenvalue weighted by molar-refractivity contribution is 0.174. The SMILES string of the molecule is CC1CCCN1C1CCc2cc(-c3ccccc3S(=O)(=O)NC(C)(C)C)ccc2C1. The van der Waals surface area contributed by atoms with E-state index in [0.717, 1.165) is 24.0 Å². The molecule has 2 aromatic carbocycles. The van der Waals surface area contributed by atoms with Crippen LogP contribution in [-0.2, 0) is 22.9 Å². The minimum Gasteiger partial charge on any atom is -0.297 e. The monoisotopic (exact) mass is 426 g/mol. The van der Waals surface area contributed by atoms with Crippen molar-refractivity contribution in [3.8, 4) is 11.1 Å². The number of hydrogen-bond acceptors (Lipinski definition) is 3. The predicted molar refractivity (Wildman–Crippen MR) is 123 cm³/mol. The summed E-state index contributed by atoms with van der Waals surface area (Å²) in [5.74, 6) is 0. The molecule has 0 spiro atoms. The van der Waals surface area contributed by atoms with Crippen LogP contribution in [0.1, 0.15) is 58.1 Å². The highest BCUT2D eigenvalue weighted by atomic mass is 32.2. The van der Waals surface area contributed by atoms with Crippen LogP contribution in [0.4, 0.5) is 0 Å². The van der Waals surface area contributed by atoms with Crippen molar-refractivity contribution in [1.82, 2.24) is 9.62 Å². The molecule has 162 valence electrons. The summed E-state index contributed by atoms with van der Waals surface area (Å²) in [6.07, 6.45) is 5.98. The van der Waals surface area contributed by atoms with Crippen LogP contribution in [0.3, 0.4) is 0 Å². The highest BCUT2D eigenvalue weighted by molar-refractivity contribution is 7.89. The van der Waals surface area contributed by atoms with Crippen molar-refractivity contribution in [2.75, 3.05) is 6.54 Å². The lowest BCUT2D eigenvalue weighted by Crippen LogP contribution is -2.41. The first-order chi connectivity index (χ1) is 14.1. The number of nitrogens with zero attached hydrogens (tertiary/aromatic N) is 1. The normalized spacial score (nSPS) is 22.8. The number of likely N-dealkylation sites (tertiary alicyclic amines) is 1. The number of aryl methyl sites for hydroxylation is 1. The second-order valence-corrected chi connectivity index (χ2v) is 11.6. The van der Waals surface area contributed by atoms with E-state index in [9.17, 15) is 8.42 Å². The Labute approximate surface area is 181 Å². The minimum atomic E-state index is -3.60. The van der Waals surface area contributed by atoms with Crippen LogP contribution in [-0.4, -0.2) is 37.5 Å². The molecule has 4 rings (SSSR count). The maximum atomic E-state index is 13.0. The number of hydrogen-bond donors (Lipinski definition) is 1. The van der Waals surface area contributed by atoms with Crippen molar-refractivity contribution in [1.29, 1.82) is 0 Å². The summed E-state index contributed by atoms with van der Waals surface area (Å²) < 4.78 is 28.9. The summed E-state index contributed by atoms with van der Waals surface area (Å²) in [5.41, 5.74) is 4.02. The van der Waals surface area contributed by atoms with Crippen molar-refractivity contribution >= 4 is 10.0 Å². The Morgan fingerprint density at radius 2 is 1.80 bits per heavy atom. The molecule has 0 aromatic heterocycles. The smallest absolute Gasteiger partial charge is 0.241 e. The Morgan fingerprint density at radius 1 is 1.03 bits per heavy atom. The average molecular weight is 427 g/mol. The number of rotatable bonds is 4. The summed E-state index contributed by atoms with van der Waals surface area (Å²) in [6.45, 7) is 9.18. The lowest BCUT2D eigenvalue weighted by Gasteiger charge is -2.35. The number of sulfonamides is 1. The van der Waals surface area contributed by atoms with E-state index in [4.69, 9.17) is 0 Å². The van der Waals surface area contributed by atoms with Crippen molar-refractivity contribution in [3.05, 3.63) is 53.6 Å². The third-order valence-corrected chi connectivity index (χ3v) is 8.23. The van der Waals surface area contributed by atoms with Gasteiger partial charge in [-0.05, 0) is 89.1 Å². The standard InChI is InChI=1S/C25H34N2O2S/c1-18-8-7-15-27(18)22-14-13-19-16-21(12-11-20(19)17-22)23-9-5-6-10-24(23)30(28,29)26-25(2,3)4/h5-6,9-12,16,18,22,26H,7-8,13-15,17H2,1-4H3. The first kappa shape index (κ1) is 21.5. The first-order valence-corrected chi connectivity index (χ1v) is 12.6. The lowest BCUT2D eigenvalue weighted by atomic mass is 9.85. The minimum absolute atomic E-state index is 0.347. The fourth-order valence-corrected chi connectivity index (χ4v) is 6.73. The van der Waals surface area contributed by atoms with Gasteiger partial charge in [0.2, 0.25) is 10.0 Å². The Bertz CT molecular complexity index is 1020. The number of fused-ring (bicyclic) bond motifs is 1. The third-order valence-electron chi connectivity index (χ3n) is 6.41. The molecule has 1 heterocycles. The zero-order chi connectivity index (χ0) is 21.5. The topological polar surface area (TPSA) is 49.4 Å². The van der Waals surface area contributed by atoms with Crippen molar-refractivity contribution in [2.45, 2.75) is 82.3 Å². The van der Waals surface area contributed by atoms with E-state index >= 15 is 0 Å². The van der Waals surface area contributed by atoms with Crippen LogP contribution >= 0.6 is 0 Å². The third kappa shape index (κ3) is 4.48. The van der Waals surface area contributed by atoms with Gasteiger partial charge in [0.15, 0.2) is 0 Å². The molecule has 2 aromatic rings. The highest BCUT2D eigenvalue weighted by Crippen LogP contribution is 2.34. The Kier molecular flexibility index (Phi) is 5.82. The molecule has 2 aliphatic rings. The predicted octanol–water partition coefficient (Wildman–Crippen LogP) is 4.77. The molecule has 1 aliphatic heterocycles. The summed E-state index contributed by atoms with van der Waals surface area (Å²) >= 11 is 0. The Hall–Kier alpha value is -1.69. The van der Waals surface area contributed by atoms with Gasteiger partial charge in [0, 0.05) is 23.2 Å².